The molecule has 0 aromatic carbocycles. The SMILES string of the molecule is O=C1CCC[C@@H]1[C@@H](O)c1ccsc1. The summed E-state index contributed by atoms with van der Waals surface area (Å²) in [7, 11) is 0. The number of rotatable bonds is 2. The predicted molar refractivity (Wildman–Crippen MR) is 51.6 cm³/mol. The molecule has 3 heteroatoms. The highest BCUT2D eigenvalue weighted by Crippen LogP contribution is 2.33. The fourth-order valence-corrected chi connectivity index (χ4v) is 2.54. The van der Waals surface area contributed by atoms with E-state index >= 15 is 0 Å². The molecular weight excluding hydrogens is 184 g/mol. The van der Waals surface area contributed by atoms with Crippen LogP contribution in [0.5, 0.6) is 0 Å². The molecule has 13 heavy (non-hydrogen) atoms. The van der Waals surface area contributed by atoms with Crippen molar-refractivity contribution in [2.45, 2.75) is 25.4 Å². The van der Waals surface area contributed by atoms with Crippen LogP contribution < -0.4 is 0 Å². The average Bonchev–Trinajstić information content (AvgIpc) is 2.72. The Morgan fingerprint density at radius 3 is 3.00 bits per heavy atom. The second kappa shape index (κ2) is 3.60. The molecule has 1 N–H and O–H groups in total. The van der Waals surface area contributed by atoms with Crippen molar-refractivity contribution in [1.82, 2.24) is 0 Å². The van der Waals surface area contributed by atoms with Gasteiger partial charge in [0.2, 0.25) is 0 Å². The number of thiophene rings is 1. The zero-order valence-electron chi connectivity index (χ0n) is 7.27. The van der Waals surface area contributed by atoms with Crippen molar-refractivity contribution < 1.29 is 9.90 Å². The summed E-state index contributed by atoms with van der Waals surface area (Å²) in [6.45, 7) is 0. The van der Waals surface area contributed by atoms with E-state index in [1.54, 1.807) is 11.3 Å². The minimum absolute atomic E-state index is 0.144. The average molecular weight is 196 g/mol. The molecule has 70 valence electrons. The highest BCUT2D eigenvalue weighted by molar-refractivity contribution is 7.07. The lowest BCUT2D eigenvalue weighted by molar-refractivity contribution is -0.123. The van der Waals surface area contributed by atoms with Crippen molar-refractivity contribution in [2.75, 3.05) is 0 Å². The number of Topliss-reactive ketones (excluding diaryl/α,β-unsaturated/α-hetero) is 1. The molecule has 1 aromatic rings. The number of hydrogen-bond acceptors (Lipinski definition) is 3. The van der Waals surface area contributed by atoms with E-state index in [1.807, 2.05) is 16.8 Å². The molecule has 1 aromatic heterocycles. The predicted octanol–water partition coefficient (Wildman–Crippen LogP) is 2.15. The van der Waals surface area contributed by atoms with E-state index in [2.05, 4.69) is 0 Å². The first-order chi connectivity index (χ1) is 6.29. The second-order valence-electron chi connectivity index (χ2n) is 3.47. The molecule has 0 saturated heterocycles. The molecular formula is C10H12O2S. The monoisotopic (exact) mass is 196 g/mol. The molecule has 1 fully saturated rings. The van der Waals surface area contributed by atoms with Gasteiger partial charge in [-0.25, -0.2) is 0 Å². The third-order valence-corrected chi connectivity index (χ3v) is 3.32. The highest BCUT2D eigenvalue weighted by atomic mass is 32.1. The van der Waals surface area contributed by atoms with Crippen molar-refractivity contribution in [1.29, 1.82) is 0 Å². The molecule has 0 radical (unpaired) electrons. The van der Waals surface area contributed by atoms with Crippen LogP contribution in [-0.2, 0) is 4.79 Å². The first-order valence-electron chi connectivity index (χ1n) is 4.52. The summed E-state index contributed by atoms with van der Waals surface area (Å²) in [5.41, 5.74) is 0.894. The normalized spacial score (nSPS) is 25.0. The van der Waals surface area contributed by atoms with E-state index in [1.165, 1.54) is 0 Å². The number of hydrogen-bond donors (Lipinski definition) is 1. The van der Waals surface area contributed by atoms with E-state index < -0.39 is 6.10 Å². The Morgan fingerprint density at radius 1 is 1.62 bits per heavy atom. The van der Waals surface area contributed by atoms with Gasteiger partial charge >= 0.3 is 0 Å². The number of carbonyl (C=O) groups excluding carboxylic acids is 1. The van der Waals surface area contributed by atoms with Gasteiger partial charge in [-0.3, -0.25) is 4.79 Å². The van der Waals surface area contributed by atoms with Crippen LogP contribution in [0.2, 0.25) is 0 Å². The van der Waals surface area contributed by atoms with Gasteiger partial charge in [0.25, 0.3) is 0 Å². The van der Waals surface area contributed by atoms with Gasteiger partial charge in [-0.2, -0.15) is 11.3 Å². The molecule has 0 amide bonds. The molecule has 0 unspecified atom stereocenters. The highest BCUT2D eigenvalue weighted by Gasteiger charge is 2.31. The van der Waals surface area contributed by atoms with Gasteiger partial charge in [0.15, 0.2) is 0 Å². The van der Waals surface area contributed by atoms with Crippen LogP contribution >= 0.6 is 11.3 Å². The maximum Gasteiger partial charge on any atom is 0.138 e. The van der Waals surface area contributed by atoms with E-state index in [0.717, 1.165) is 18.4 Å². The first-order valence-corrected chi connectivity index (χ1v) is 5.46. The minimum Gasteiger partial charge on any atom is -0.388 e. The third-order valence-electron chi connectivity index (χ3n) is 2.62. The summed E-state index contributed by atoms with van der Waals surface area (Å²) in [5, 5.41) is 13.7. The Labute approximate surface area is 81.2 Å². The van der Waals surface area contributed by atoms with E-state index in [9.17, 15) is 9.90 Å². The van der Waals surface area contributed by atoms with Crippen LogP contribution in [0.4, 0.5) is 0 Å². The zero-order chi connectivity index (χ0) is 9.26. The Hall–Kier alpha value is -0.670. The van der Waals surface area contributed by atoms with Crippen LogP contribution in [0, 0.1) is 5.92 Å². The number of ketones is 1. The molecule has 2 rings (SSSR count). The first kappa shape index (κ1) is 8.91. The van der Waals surface area contributed by atoms with Crippen molar-refractivity contribution in [3.05, 3.63) is 22.4 Å². The molecule has 0 spiro atoms. The van der Waals surface area contributed by atoms with Gasteiger partial charge in [-0.05, 0) is 35.2 Å². The summed E-state index contributed by atoms with van der Waals surface area (Å²) in [6, 6.07) is 1.89. The largest absolute Gasteiger partial charge is 0.388 e. The molecule has 1 saturated carbocycles. The molecule has 0 aliphatic heterocycles. The Bertz CT molecular complexity index is 292. The number of aliphatic hydroxyl groups excluding tert-OH is 1. The van der Waals surface area contributed by atoms with Crippen LogP contribution in [0.25, 0.3) is 0 Å². The number of aliphatic hydroxyl groups is 1. The lowest BCUT2D eigenvalue weighted by Crippen LogP contribution is -2.15. The Kier molecular flexibility index (Phi) is 2.47. The summed E-state index contributed by atoms with van der Waals surface area (Å²) < 4.78 is 0. The molecule has 1 aliphatic carbocycles. The Morgan fingerprint density at radius 2 is 2.46 bits per heavy atom. The molecule has 0 bridgehead atoms. The van der Waals surface area contributed by atoms with Crippen molar-refractivity contribution >= 4 is 17.1 Å². The van der Waals surface area contributed by atoms with Crippen molar-refractivity contribution in [2.24, 2.45) is 5.92 Å². The topological polar surface area (TPSA) is 37.3 Å². The lowest BCUT2D eigenvalue weighted by Gasteiger charge is -2.14. The standard InChI is InChI=1S/C10H12O2S/c11-9-3-1-2-8(9)10(12)7-4-5-13-6-7/h4-6,8,10,12H,1-3H2/t8-,10-/m0/s1. The summed E-state index contributed by atoms with van der Waals surface area (Å²) in [5.74, 6) is 0.0771. The number of carbonyl (C=O) groups is 1. The van der Waals surface area contributed by atoms with Gasteiger partial charge in [-0.15, -0.1) is 0 Å². The minimum atomic E-state index is -0.568. The maximum absolute atomic E-state index is 11.4. The van der Waals surface area contributed by atoms with E-state index in [0.29, 0.717) is 6.42 Å². The molecule has 2 nitrogen and oxygen atoms in total. The Balaban J connectivity index is 2.13. The fraction of sp³-hybridized carbons (Fsp3) is 0.500. The molecule has 1 aliphatic rings. The maximum atomic E-state index is 11.4. The zero-order valence-corrected chi connectivity index (χ0v) is 8.09. The van der Waals surface area contributed by atoms with Crippen LogP contribution in [-0.4, -0.2) is 10.9 Å². The van der Waals surface area contributed by atoms with E-state index in [4.69, 9.17) is 0 Å². The van der Waals surface area contributed by atoms with E-state index in [-0.39, 0.29) is 11.7 Å². The fourth-order valence-electron chi connectivity index (χ4n) is 1.85. The van der Waals surface area contributed by atoms with Crippen LogP contribution in [0.15, 0.2) is 16.8 Å². The molecule has 2 atom stereocenters. The quantitative estimate of drug-likeness (QED) is 0.787. The summed E-state index contributed by atoms with van der Waals surface area (Å²) in [4.78, 5) is 11.4. The van der Waals surface area contributed by atoms with Gasteiger partial charge in [0.05, 0.1) is 6.10 Å². The summed E-state index contributed by atoms with van der Waals surface area (Å²) >= 11 is 1.56. The lowest BCUT2D eigenvalue weighted by atomic mass is 9.96. The third kappa shape index (κ3) is 1.67. The van der Waals surface area contributed by atoms with Crippen molar-refractivity contribution in [3.8, 4) is 0 Å². The summed E-state index contributed by atoms with van der Waals surface area (Å²) in [6.07, 6.45) is 1.85. The van der Waals surface area contributed by atoms with Crippen LogP contribution in [0.3, 0.4) is 0 Å². The second-order valence-corrected chi connectivity index (χ2v) is 4.25. The van der Waals surface area contributed by atoms with Crippen molar-refractivity contribution in [3.63, 3.8) is 0 Å². The molecule has 1 heterocycles. The van der Waals surface area contributed by atoms with Gasteiger partial charge in [0.1, 0.15) is 5.78 Å². The van der Waals surface area contributed by atoms with Gasteiger partial charge < -0.3 is 5.11 Å². The van der Waals surface area contributed by atoms with Gasteiger partial charge in [0, 0.05) is 12.3 Å². The smallest absolute Gasteiger partial charge is 0.138 e. The van der Waals surface area contributed by atoms with Crippen LogP contribution in [0.1, 0.15) is 30.9 Å². The van der Waals surface area contributed by atoms with Gasteiger partial charge in [-0.1, -0.05) is 0 Å².